The normalized spacial score (nSPS) is 20.3. The molecular weight excluding hydrogens is 266 g/mol. The zero-order valence-corrected chi connectivity index (χ0v) is 12.5. The van der Waals surface area contributed by atoms with Gasteiger partial charge in [-0.05, 0) is 36.9 Å². The fourth-order valence-corrected chi connectivity index (χ4v) is 2.65. The number of hydrogen-bond acceptors (Lipinski definition) is 4. The number of benzene rings is 1. The van der Waals surface area contributed by atoms with E-state index in [0.717, 1.165) is 19.4 Å². The van der Waals surface area contributed by atoms with Crippen LogP contribution < -0.4 is 15.4 Å². The van der Waals surface area contributed by atoms with E-state index in [4.69, 9.17) is 10.00 Å². The average Bonchev–Trinajstić information content (AvgIpc) is 2.45. The van der Waals surface area contributed by atoms with Crippen molar-refractivity contribution < 1.29 is 9.53 Å². The summed E-state index contributed by atoms with van der Waals surface area (Å²) in [5.74, 6) is 0.544. The number of nitrogens with zero attached hydrogens (tertiary/aromatic N) is 1. The summed E-state index contributed by atoms with van der Waals surface area (Å²) in [6.07, 6.45) is 2.12. The van der Waals surface area contributed by atoms with Gasteiger partial charge in [0.1, 0.15) is 11.8 Å². The van der Waals surface area contributed by atoms with E-state index >= 15 is 0 Å². The Labute approximate surface area is 125 Å². The second-order valence-electron chi connectivity index (χ2n) is 5.94. The molecule has 1 atom stereocenters. The van der Waals surface area contributed by atoms with Crippen LogP contribution in [0.4, 0.5) is 5.69 Å². The van der Waals surface area contributed by atoms with Gasteiger partial charge in [0.2, 0.25) is 5.91 Å². The highest BCUT2D eigenvalue weighted by molar-refractivity contribution is 5.95. The number of amides is 1. The molecule has 0 aliphatic carbocycles. The maximum absolute atomic E-state index is 12.4. The molecule has 1 unspecified atom stereocenters. The van der Waals surface area contributed by atoms with Crippen molar-refractivity contribution in [2.45, 2.75) is 32.7 Å². The van der Waals surface area contributed by atoms with Crippen molar-refractivity contribution in [3.8, 4) is 11.8 Å². The van der Waals surface area contributed by atoms with Gasteiger partial charge in [0.15, 0.2) is 6.61 Å². The molecule has 1 saturated heterocycles. The first-order valence-electron chi connectivity index (χ1n) is 7.17. The molecule has 5 nitrogen and oxygen atoms in total. The number of ether oxygens (including phenoxy) is 1. The summed E-state index contributed by atoms with van der Waals surface area (Å²) in [5.41, 5.74) is 0.621. The van der Waals surface area contributed by atoms with Crippen LogP contribution in [0.15, 0.2) is 24.3 Å². The lowest BCUT2D eigenvalue weighted by atomic mass is 9.77. The Hall–Kier alpha value is -2.06. The third kappa shape index (κ3) is 3.96. The summed E-state index contributed by atoms with van der Waals surface area (Å²) in [6.45, 7) is 5.08. The second kappa shape index (κ2) is 6.59. The average molecular weight is 287 g/mol. The van der Waals surface area contributed by atoms with Gasteiger partial charge in [-0.25, -0.2) is 0 Å². The van der Waals surface area contributed by atoms with E-state index in [1.807, 2.05) is 12.1 Å². The molecule has 1 aliphatic rings. The molecule has 2 N–H and O–H groups in total. The topological polar surface area (TPSA) is 74.2 Å². The summed E-state index contributed by atoms with van der Waals surface area (Å²) in [6, 6.07) is 8.81. The SMILES string of the molecule is CC1(C)CCCNC1C(=O)Nc1cccc(OCC#N)c1. The predicted octanol–water partition coefficient (Wildman–Crippen LogP) is 2.31. The molecule has 2 rings (SSSR count). The molecule has 5 heteroatoms. The summed E-state index contributed by atoms with van der Waals surface area (Å²) in [7, 11) is 0. The molecule has 1 heterocycles. The summed E-state index contributed by atoms with van der Waals surface area (Å²) in [5, 5.41) is 14.7. The lowest BCUT2D eigenvalue weighted by molar-refractivity contribution is -0.121. The summed E-state index contributed by atoms with van der Waals surface area (Å²) >= 11 is 0. The Morgan fingerprint density at radius 1 is 1.57 bits per heavy atom. The van der Waals surface area contributed by atoms with E-state index in [1.54, 1.807) is 18.2 Å². The van der Waals surface area contributed by atoms with Crippen LogP contribution in [-0.4, -0.2) is 25.1 Å². The smallest absolute Gasteiger partial charge is 0.242 e. The van der Waals surface area contributed by atoms with Crippen LogP contribution in [0.25, 0.3) is 0 Å². The van der Waals surface area contributed by atoms with Crippen molar-refractivity contribution in [3.63, 3.8) is 0 Å². The van der Waals surface area contributed by atoms with Gasteiger partial charge in [0, 0.05) is 11.8 Å². The standard InChI is InChI=1S/C16H21N3O2/c1-16(2)7-4-9-18-14(16)15(20)19-12-5-3-6-13(11-12)21-10-8-17/h3,5-6,11,14,18H,4,7,9-10H2,1-2H3,(H,19,20). The molecule has 0 aromatic heterocycles. The fourth-order valence-electron chi connectivity index (χ4n) is 2.65. The van der Waals surface area contributed by atoms with E-state index < -0.39 is 0 Å². The van der Waals surface area contributed by atoms with Crippen LogP contribution in [0.5, 0.6) is 5.75 Å². The zero-order valence-electron chi connectivity index (χ0n) is 12.5. The Morgan fingerprint density at radius 3 is 3.10 bits per heavy atom. The van der Waals surface area contributed by atoms with E-state index in [1.165, 1.54) is 0 Å². The number of nitrogens with one attached hydrogen (secondary N) is 2. The molecule has 112 valence electrons. The molecule has 21 heavy (non-hydrogen) atoms. The Morgan fingerprint density at radius 2 is 2.38 bits per heavy atom. The number of nitriles is 1. The van der Waals surface area contributed by atoms with Gasteiger partial charge in [0.25, 0.3) is 0 Å². The highest BCUT2D eigenvalue weighted by Crippen LogP contribution is 2.31. The molecule has 1 aromatic carbocycles. The highest BCUT2D eigenvalue weighted by atomic mass is 16.5. The molecule has 0 bridgehead atoms. The van der Waals surface area contributed by atoms with E-state index in [0.29, 0.717) is 11.4 Å². The third-order valence-electron chi connectivity index (χ3n) is 3.79. The molecule has 0 spiro atoms. The molecule has 1 fully saturated rings. The molecule has 0 saturated carbocycles. The van der Waals surface area contributed by atoms with Crippen LogP contribution in [0.3, 0.4) is 0 Å². The van der Waals surface area contributed by atoms with Gasteiger partial charge in [-0.3, -0.25) is 4.79 Å². The molecule has 1 amide bonds. The number of carbonyl (C=O) groups is 1. The van der Waals surface area contributed by atoms with Gasteiger partial charge in [-0.15, -0.1) is 0 Å². The lowest BCUT2D eigenvalue weighted by Crippen LogP contribution is -2.53. The molecule has 0 radical (unpaired) electrons. The first-order valence-corrected chi connectivity index (χ1v) is 7.17. The number of anilines is 1. The lowest BCUT2D eigenvalue weighted by Gasteiger charge is -2.38. The number of rotatable bonds is 4. The minimum atomic E-state index is -0.199. The van der Waals surface area contributed by atoms with Crippen molar-refractivity contribution in [1.29, 1.82) is 5.26 Å². The van der Waals surface area contributed by atoms with Crippen molar-refractivity contribution in [2.75, 3.05) is 18.5 Å². The van der Waals surface area contributed by atoms with E-state index in [-0.39, 0.29) is 24.0 Å². The first-order chi connectivity index (χ1) is 10.0. The van der Waals surface area contributed by atoms with Crippen molar-refractivity contribution in [3.05, 3.63) is 24.3 Å². The maximum atomic E-state index is 12.4. The molecule has 1 aliphatic heterocycles. The van der Waals surface area contributed by atoms with Crippen molar-refractivity contribution >= 4 is 11.6 Å². The van der Waals surface area contributed by atoms with Gasteiger partial charge in [-0.1, -0.05) is 19.9 Å². The fraction of sp³-hybridized carbons (Fsp3) is 0.500. The largest absolute Gasteiger partial charge is 0.479 e. The minimum absolute atomic E-state index is 0.00535. The number of carbonyl (C=O) groups excluding carboxylic acids is 1. The maximum Gasteiger partial charge on any atom is 0.242 e. The van der Waals surface area contributed by atoms with Gasteiger partial charge < -0.3 is 15.4 Å². The van der Waals surface area contributed by atoms with Gasteiger partial charge >= 0.3 is 0 Å². The molecular formula is C16H21N3O2. The zero-order chi connectivity index (χ0) is 15.3. The molecule has 1 aromatic rings. The number of hydrogen-bond donors (Lipinski definition) is 2. The van der Waals surface area contributed by atoms with Crippen LogP contribution >= 0.6 is 0 Å². The Bertz CT molecular complexity index is 549. The van der Waals surface area contributed by atoms with Gasteiger partial charge in [-0.2, -0.15) is 5.26 Å². The van der Waals surface area contributed by atoms with Crippen LogP contribution in [0, 0.1) is 16.7 Å². The Kier molecular flexibility index (Phi) is 4.81. The van der Waals surface area contributed by atoms with Crippen molar-refractivity contribution in [2.24, 2.45) is 5.41 Å². The summed E-state index contributed by atoms with van der Waals surface area (Å²) < 4.78 is 5.24. The van der Waals surface area contributed by atoms with Crippen LogP contribution in [0.2, 0.25) is 0 Å². The van der Waals surface area contributed by atoms with E-state index in [9.17, 15) is 4.79 Å². The number of piperidine rings is 1. The van der Waals surface area contributed by atoms with Gasteiger partial charge in [0.05, 0.1) is 6.04 Å². The monoisotopic (exact) mass is 287 g/mol. The minimum Gasteiger partial charge on any atom is -0.479 e. The predicted molar refractivity (Wildman–Crippen MR) is 81.0 cm³/mol. The second-order valence-corrected chi connectivity index (χ2v) is 5.94. The van der Waals surface area contributed by atoms with Crippen molar-refractivity contribution in [1.82, 2.24) is 5.32 Å². The summed E-state index contributed by atoms with van der Waals surface area (Å²) in [4.78, 5) is 12.4. The van der Waals surface area contributed by atoms with E-state index in [2.05, 4.69) is 24.5 Å². The third-order valence-corrected chi connectivity index (χ3v) is 3.79. The Balaban J connectivity index is 2.04. The quantitative estimate of drug-likeness (QED) is 0.891. The highest BCUT2D eigenvalue weighted by Gasteiger charge is 2.37. The van der Waals surface area contributed by atoms with Crippen LogP contribution in [-0.2, 0) is 4.79 Å². The first kappa shape index (κ1) is 15.3. The van der Waals surface area contributed by atoms with Crippen LogP contribution in [0.1, 0.15) is 26.7 Å².